The fourth-order valence-corrected chi connectivity index (χ4v) is 6.09. The first-order valence-electron chi connectivity index (χ1n) is 7.63. The lowest BCUT2D eigenvalue weighted by Gasteiger charge is -2.38. The van der Waals surface area contributed by atoms with Crippen LogP contribution in [0.4, 0.5) is 0 Å². The SMILES string of the molecule is C1OC1COC1CC2CC1C1C3CCC(C3)C21. The zero-order valence-corrected chi connectivity index (χ0v) is 10.4. The minimum atomic E-state index is 0.449. The molecule has 4 saturated carbocycles. The molecular weight excluding hydrogens is 212 g/mol. The van der Waals surface area contributed by atoms with Gasteiger partial charge in [0, 0.05) is 0 Å². The minimum Gasteiger partial charge on any atom is -0.375 e. The Morgan fingerprint density at radius 1 is 0.941 bits per heavy atom. The molecule has 0 aromatic rings. The molecule has 8 unspecified atom stereocenters. The van der Waals surface area contributed by atoms with Crippen LogP contribution in [-0.4, -0.2) is 25.4 Å². The Bertz CT molecular complexity index is 338. The van der Waals surface area contributed by atoms with Gasteiger partial charge < -0.3 is 9.47 Å². The molecule has 17 heavy (non-hydrogen) atoms. The Morgan fingerprint density at radius 3 is 2.59 bits per heavy atom. The smallest absolute Gasteiger partial charge is 0.104 e. The second-order valence-corrected chi connectivity index (χ2v) is 7.21. The molecule has 5 fully saturated rings. The van der Waals surface area contributed by atoms with Crippen LogP contribution in [0.25, 0.3) is 0 Å². The monoisotopic (exact) mass is 234 g/mol. The van der Waals surface area contributed by atoms with Crippen LogP contribution >= 0.6 is 0 Å². The highest BCUT2D eigenvalue weighted by molar-refractivity contribution is 5.11. The van der Waals surface area contributed by atoms with E-state index < -0.39 is 0 Å². The Labute approximate surface area is 103 Å². The summed E-state index contributed by atoms with van der Waals surface area (Å²) in [5.74, 6) is 6.36. The second-order valence-electron chi connectivity index (χ2n) is 7.21. The van der Waals surface area contributed by atoms with Gasteiger partial charge in [-0.05, 0) is 67.6 Å². The van der Waals surface area contributed by atoms with Gasteiger partial charge in [-0.25, -0.2) is 0 Å². The molecule has 0 N–H and O–H groups in total. The van der Waals surface area contributed by atoms with Crippen molar-refractivity contribution < 1.29 is 9.47 Å². The standard InChI is InChI=1S/C15H22O2/c1-2-9-3-8(1)14-10-4-12(15(9)14)13(5-10)17-7-11-6-16-11/h8-15H,1-7H2. The quantitative estimate of drug-likeness (QED) is 0.553. The molecule has 0 radical (unpaired) electrons. The van der Waals surface area contributed by atoms with Crippen LogP contribution in [0, 0.1) is 35.5 Å². The van der Waals surface area contributed by atoms with E-state index in [1.807, 2.05) is 0 Å². The Hall–Kier alpha value is -0.0800. The van der Waals surface area contributed by atoms with Gasteiger partial charge in [0.05, 0.1) is 19.3 Å². The van der Waals surface area contributed by atoms with Gasteiger partial charge in [0.2, 0.25) is 0 Å². The normalized spacial score (nSPS) is 62.1. The summed E-state index contributed by atoms with van der Waals surface area (Å²) in [6.45, 7) is 1.82. The summed E-state index contributed by atoms with van der Waals surface area (Å²) < 4.78 is 11.4. The molecule has 0 amide bonds. The van der Waals surface area contributed by atoms with Crippen molar-refractivity contribution in [3.05, 3.63) is 0 Å². The van der Waals surface area contributed by atoms with E-state index in [1.165, 1.54) is 19.3 Å². The summed E-state index contributed by atoms with van der Waals surface area (Å²) >= 11 is 0. The van der Waals surface area contributed by atoms with Gasteiger partial charge in [-0.3, -0.25) is 0 Å². The van der Waals surface area contributed by atoms with E-state index in [0.29, 0.717) is 12.2 Å². The van der Waals surface area contributed by atoms with E-state index in [9.17, 15) is 0 Å². The fraction of sp³-hybridized carbons (Fsp3) is 1.00. The summed E-state index contributed by atoms with van der Waals surface area (Å²) in [6.07, 6.45) is 8.58. The highest BCUT2D eigenvalue weighted by Gasteiger charge is 2.62. The Balaban J connectivity index is 1.33. The van der Waals surface area contributed by atoms with Gasteiger partial charge in [-0.2, -0.15) is 0 Å². The average molecular weight is 234 g/mol. The van der Waals surface area contributed by atoms with Gasteiger partial charge in [0.25, 0.3) is 0 Å². The van der Waals surface area contributed by atoms with Crippen LogP contribution in [0.2, 0.25) is 0 Å². The predicted molar refractivity (Wildman–Crippen MR) is 63.5 cm³/mol. The van der Waals surface area contributed by atoms with Crippen molar-refractivity contribution in [1.29, 1.82) is 0 Å². The zero-order valence-electron chi connectivity index (χ0n) is 10.4. The molecule has 0 spiro atoms. The van der Waals surface area contributed by atoms with Gasteiger partial charge in [-0.15, -0.1) is 0 Å². The zero-order chi connectivity index (χ0) is 11.0. The molecule has 1 aliphatic heterocycles. The first-order chi connectivity index (χ1) is 8.40. The summed E-state index contributed by atoms with van der Waals surface area (Å²) in [5.41, 5.74) is 0. The number of hydrogen-bond donors (Lipinski definition) is 0. The van der Waals surface area contributed by atoms with Crippen LogP contribution in [0.3, 0.4) is 0 Å². The number of ether oxygens (including phenoxy) is 2. The third kappa shape index (κ3) is 1.29. The van der Waals surface area contributed by atoms with Crippen LogP contribution in [0.15, 0.2) is 0 Å². The molecular formula is C15H22O2. The third-order valence-corrected chi connectivity index (χ3v) is 6.57. The Morgan fingerprint density at radius 2 is 1.76 bits per heavy atom. The molecule has 5 aliphatic rings. The fourth-order valence-electron chi connectivity index (χ4n) is 6.09. The number of hydrogen-bond acceptors (Lipinski definition) is 2. The number of rotatable bonds is 3. The van der Waals surface area contributed by atoms with Crippen molar-refractivity contribution in [3.63, 3.8) is 0 Å². The van der Waals surface area contributed by atoms with Gasteiger partial charge in [0.1, 0.15) is 6.10 Å². The summed E-state index contributed by atoms with van der Waals surface area (Å²) in [4.78, 5) is 0. The molecule has 8 atom stereocenters. The summed E-state index contributed by atoms with van der Waals surface area (Å²) in [7, 11) is 0. The molecule has 1 saturated heterocycles. The molecule has 0 aromatic carbocycles. The van der Waals surface area contributed by atoms with Crippen LogP contribution in [0.5, 0.6) is 0 Å². The highest BCUT2D eigenvalue weighted by Crippen LogP contribution is 2.67. The average Bonchev–Trinajstić information content (AvgIpc) is 2.78. The van der Waals surface area contributed by atoms with Crippen molar-refractivity contribution in [3.8, 4) is 0 Å². The molecule has 4 aliphatic carbocycles. The minimum absolute atomic E-state index is 0.449. The van der Waals surface area contributed by atoms with Crippen LogP contribution in [-0.2, 0) is 9.47 Å². The van der Waals surface area contributed by atoms with Gasteiger partial charge >= 0.3 is 0 Å². The predicted octanol–water partition coefficient (Wildman–Crippen LogP) is 2.47. The second kappa shape index (κ2) is 3.27. The van der Waals surface area contributed by atoms with E-state index in [2.05, 4.69) is 0 Å². The maximum Gasteiger partial charge on any atom is 0.104 e. The maximum atomic E-state index is 6.15. The van der Waals surface area contributed by atoms with Crippen molar-refractivity contribution in [2.75, 3.05) is 13.2 Å². The summed E-state index contributed by atoms with van der Waals surface area (Å²) in [6, 6.07) is 0. The lowest BCUT2D eigenvalue weighted by molar-refractivity contribution is -0.0329. The number of fused-ring (bicyclic) bond motifs is 9. The largest absolute Gasteiger partial charge is 0.375 e. The van der Waals surface area contributed by atoms with Crippen molar-refractivity contribution in [2.24, 2.45) is 35.5 Å². The van der Waals surface area contributed by atoms with E-state index >= 15 is 0 Å². The Kier molecular flexibility index (Phi) is 1.88. The molecule has 94 valence electrons. The van der Waals surface area contributed by atoms with Crippen molar-refractivity contribution in [2.45, 2.75) is 44.3 Å². The van der Waals surface area contributed by atoms with Gasteiger partial charge in [-0.1, -0.05) is 0 Å². The maximum absolute atomic E-state index is 6.15. The summed E-state index contributed by atoms with van der Waals surface area (Å²) in [5, 5.41) is 0. The molecule has 2 nitrogen and oxygen atoms in total. The van der Waals surface area contributed by atoms with Crippen LogP contribution in [0.1, 0.15) is 32.1 Å². The lowest BCUT2D eigenvalue weighted by Crippen LogP contribution is -2.36. The number of epoxide rings is 1. The topological polar surface area (TPSA) is 21.8 Å². The molecule has 0 aromatic heterocycles. The molecule has 4 bridgehead atoms. The highest BCUT2D eigenvalue weighted by atomic mass is 16.6. The molecule has 1 heterocycles. The molecule has 5 rings (SSSR count). The van der Waals surface area contributed by atoms with Crippen molar-refractivity contribution in [1.82, 2.24) is 0 Å². The van der Waals surface area contributed by atoms with Crippen molar-refractivity contribution >= 4 is 0 Å². The molecule has 2 heteroatoms. The van der Waals surface area contributed by atoms with E-state index in [-0.39, 0.29) is 0 Å². The van der Waals surface area contributed by atoms with Crippen LogP contribution < -0.4 is 0 Å². The third-order valence-electron chi connectivity index (χ3n) is 6.57. The lowest BCUT2D eigenvalue weighted by atomic mass is 9.70. The first kappa shape index (κ1) is 9.80. The van der Waals surface area contributed by atoms with E-state index in [0.717, 1.165) is 48.7 Å². The van der Waals surface area contributed by atoms with E-state index in [4.69, 9.17) is 9.47 Å². The van der Waals surface area contributed by atoms with E-state index in [1.54, 1.807) is 12.8 Å². The first-order valence-corrected chi connectivity index (χ1v) is 7.63. The van der Waals surface area contributed by atoms with Gasteiger partial charge in [0.15, 0.2) is 0 Å².